The fourth-order valence-electron chi connectivity index (χ4n) is 1.21. The number of Topliss-reactive ketones (excluding diaryl/α,β-unsaturated/α-hetero) is 1. The molecule has 14 heavy (non-hydrogen) atoms. The molecule has 0 atom stereocenters. The Hall–Kier alpha value is -1.14. The number of nitrogens with zero attached hydrogens (tertiary/aromatic N) is 1. The third-order valence-electron chi connectivity index (χ3n) is 2.18. The summed E-state index contributed by atoms with van der Waals surface area (Å²) < 4.78 is 0. The highest BCUT2D eigenvalue weighted by atomic mass is 79.9. The Kier molecular flexibility index (Phi) is 3.43. The normalized spacial score (nSPS) is 9.57. The van der Waals surface area contributed by atoms with Crippen LogP contribution in [0.15, 0.2) is 12.1 Å². The van der Waals surface area contributed by atoms with Gasteiger partial charge < -0.3 is 0 Å². The zero-order valence-corrected chi connectivity index (χ0v) is 9.68. The Morgan fingerprint density at radius 2 is 2.00 bits per heavy atom. The molecule has 0 amide bonds. The minimum Gasteiger partial charge on any atom is -0.293 e. The standard InChI is InChI=1S/C11H10BrNO/c1-7-3-9(6-13)10(4-8(7)2)11(14)5-12/h3-4H,5H2,1-2H3. The lowest BCUT2D eigenvalue weighted by Gasteiger charge is -2.05. The van der Waals surface area contributed by atoms with E-state index in [0.717, 1.165) is 11.1 Å². The van der Waals surface area contributed by atoms with Crippen LogP contribution < -0.4 is 0 Å². The van der Waals surface area contributed by atoms with Crippen LogP contribution in [0, 0.1) is 25.2 Å². The van der Waals surface area contributed by atoms with Gasteiger partial charge >= 0.3 is 0 Å². The van der Waals surface area contributed by atoms with Crippen LogP contribution in [0.2, 0.25) is 0 Å². The molecule has 0 aliphatic heterocycles. The number of hydrogen-bond donors (Lipinski definition) is 0. The van der Waals surface area contributed by atoms with Gasteiger partial charge in [-0.2, -0.15) is 5.26 Å². The van der Waals surface area contributed by atoms with Crippen molar-refractivity contribution < 1.29 is 4.79 Å². The Balaban J connectivity index is 3.36. The van der Waals surface area contributed by atoms with Crippen LogP contribution in [0.1, 0.15) is 27.0 Å². The SMILES string of the molecule is Cc1cc(C#N)c(C(=O)CBr)cc1C. The van der Waals surface area contributed by atoms with Gasteiger partial charge in [-0.1, -0.05) is 15.9 Å². The lowest BCUT2D eigenvalue weighted by molar-refractivity contribution is 0.102. The summed E-state index contributed by atoms with van der Waals surface area (Å²) in [6.07, 6.45) is 0. The van der Waals surface area contributed by atoms with Crippen LogP contribution in [-0.4, -0.2) is 11.1 Å². The first kappa shape index (κ1) is 10.9. The van der Waals surface area contributed by atoms with E-state index in [1.807, 2.05) is 19.9 Å². The average molecular weight is 252 g/mol. The van der Waals surface area contributed by atoms with Crippen molar-refractivity contribution in [1.82, 2.24) is 0 Å². The largest absolute Gasteiger partial charge is 0.293 e. The highest BCUT2D eigenvalue weighted by molar-refractivity contribution is 9.09. The Labute approximate surface area is 91.7 Å². The molecule has 0 aliphatic rings. The summed E-state index contributed by atoms with van der Waals surface area (Å²) in [7, 11) is 0. The predicted octanol–water partition coefficient (Wildman–Crippen LogP) is 2.75. The van der Waals surface area contributed by atoms with Crippen LogP contribution in [0.25, 0.3) is 0 Å². The van der Waals surface area contributed by atoms with E-state index in [-0.39, 0.29) is 11.1 Å². The summed E-state index contributed by atoms with van der Waals surface area (Å²) in [5, 5.41) is 9.11. The van der Waals surface area contributed by atoms with E-state index in [0.29, 0.717) is 11.1 Å². The Bertz CT molecular complexity index is 418. The second-order valence-electron chi connectivity index (χ2n) is 3.15. The van der Waals surface area contributed by atoms with Gasteiger partial charge in [0.25, 0.3) is 0 Å². The topological polar surface area (TPSA) is 40.9 Å². The third-order valence-corrected chi connectivity index (χ3v) is 2.69. The highest BCUT2D eigenvalue weighted by Gasteiger charge is 2.11. The molecule has 72 valence electrons. The number of rotatable bonds is 2. The molecule has 0 unspecified atom stereocenters. The molecular weight excluding hydrogens is 242 g/mol. The van der Waals surface area contributed by atoms with Crippen molar-refractivity contribution >= 4 is 21.7 Å². The van der Waals surface area contributed by atoms with Gasteiger partial charge in [0.2, 0.25) is 0 Å². The van der Waals surface area contributed by atoms with E-state index in [1.54, 1.807) is 12.1 Å². The van der Waals surface area contributed by atoms with Crippen LogP contribution in [0.5, 0.6) is 0 Å². The summed E-state index contributed by atoms with van der Waals surface area (Å²) in [4.78, 5) is 11.5. The molecule has 0 fully saturated rings. The number of benzene rings is 1. The van der Waals surface area contributed by atoms with Gasteiger partial charge in [-0.15, -0.1) is 0 Å². The number of aryl methyl sites for hydroxylation is 2. The van der Waals surface area contributed by atoms with Crippen LogP contribution in [0.3, 0.4) is 0 Å². The van der Waals surface area contributed by atoms with Crippen molar-refractivity contribution in [3.8, 4) is 6.07 Å². The minimum atomic E-state index is -0.0512. The van der Waals surface area contributed by atoms with E-state index in [9.17, 15) is 4.79 Å². The minimum absolute atomic E-state index is 0.0512. The summed E-state index contributed by atoms with van der Waals surface area (Å²) in [6, 6.07) is 5.57. The molecule has 0 radical (unpaired) electrons. The first-order valence-corrected chi connectivity index (χ1v) is 5.32. The lowest BCUT2D eigenvalue weighted by Crippen LogP contribution is -2.04. The molecule has 0 aromatic heterocycles. The molecule has 0 N–H and O–H groups in total. The zero-order valence-electron chi connectivity index (χ0n) is 8.10. The van der Waals surface area contributed by atoms with Crippen LogP contribution >= 0.6 is 15.9 Å². The first-order chi connectivity index (χ1) is 6.60. The summed E-state index contributed by atoms with van der Waals surface area (Å²) in [6.45, 7) is 3.86. The van der Waals surface area contributed by atoms with E-state index in [1.165, 1.54) is 0 Å². The van der Waals surface area contributed by atoms with Gasteiger partial charge in [-0.3, -0.25) is 4.79 Å². The number of carbonyl (C=O) groups is 1. The molecule has 3 heteroatoms. The maximum Gasteiger partial charge on any atom is 0.174 e. The van der Waals surface area contributed by atoms with Crippen molar-refractivity contribution in [3.05, 3.63) is 34.4 Å². The van der Waals surface area contributed by atoms with E-state index in [4.69, 9.17) is 5.26 Å². The van der Waals surface area contributed by atoms with E-state index >= 15 is 0 Å². The first-order valence-electron chi connectivity index (χ1n) is 4.20. The molecule has 1 aromatic carbocycles. The molecule has 0 aliphatic carbocycles. The second-order valence-corrected chi connectivity index (χ2v) is 3.71. The molecule has 0 saturated carbocycles. The molecule has 0 heterocycles. The van der Waals surface area contributed by atoms with Gasteiger partial charge in [-0.05, 0) is 37.1 Å². The average Bonchev–Trinajstić information content (AvgIpc) is 2.20. The summed E-state index contributed by atoms with van der Waals surface area (Å²) in [5.41, 5.74) is 3.03. The number of carbonyl (C=O) groups excluding carboxylic acids is 1. The van der Waals surface area contributed by atoms with Crippen LogP contribution in [-0.2, 0) is 0 Å². The van der Waals surface area contributed by atoms with E-state index in [2.05, 4.69) is 15.9 Å². The van der Waals surface area contributed by atoms with Gasteiger partial charge in [0.15, 0.2) is 5.78 Å². The van der Waals surface area contributed by atoms with Gasteiger partial charge in [0, 0.05) is 5.56 Å². The summed E-state index contributed by atoms with van der Waals surface area (Å²) >= 11 is 3.10. The van der Waals surface area contributed by atoms with Gasteiger partial charge in [0.05, 0.1) is 17.0 Å². The number of ketones is 1. The fourth-order valence-corrected chi connectivity index (χ4v) is 1.51. The molecular formula is C11H10BrNO. The van der Waals surface area contributed by atoms with Crippen molar-refractivity contribution in [3.63, 3.8) is 0 Å². The smallest absolute Gasteiger partial charge is 0.174 e. The third kappa shape index (κ3) is 2.02. The number of alkyl halides is 1. The molecule has 1 aromatic rings. The fraction of sp³-hybridized carbons (Fsp3) is 0.273. The maximum absolute atomic E-state index is 11.5. The Morgan fingerprint density at radius 1 is 1.43 bits per heavy atom. The molecule has 0 bridgehead atoms. The molecule has 2 nitrogen and oxygen atoms in total. The lowest BCUT2D eigenvalue weighted by atomic mass is 9.98. The predicted molar refractivity (Wildman–Crippen MR) is 58.8 cm³/mol. The molecule has 0 saturated heterocycles. The van der Waals surface area contributed by atoms with Crippen molar-refractivity contribution in [1.29, 1.82) is 5.26 Å². The quantitative estimate of drug-likeness (QED) is 0.599. The van der Waals surface area contributed by atoms with Crippen LogP contribution in [0.4, 0.5) is 0 Å². The number of nitriles is 1. The van der Waals surface area contributed by atoms with Crippen molar-refractivity contribution in [2.45, 2.75) is 13.8 Å². The maximum atomic E-state index is 11.5. The van der Waals surface area contributed by atoms with Gasteiger partial charge in [-0.25, -0.2) is 0 Å². The molecule has 1 rings (SSSR count). The highest BCUT2D eigenvalue weighted by Crippen LogP contribution is 2.16. The van der Waals surface area contributed by atoms with Crippen molar-refractivity contribution in [2.75, 3.05) is 5.33 Å². The monoisotopic (exact) mass is 251 g/mol. The van der Waals surface area contributed by atoms with Gasteiger partial charge in [0.1, 0.15) is 0 Å². The van der Waals surface area contributed by atoms with E-state index < -0.39 is 0 Å². The Morgan fingerprint density at radius 3 is 2.50 bits per heavy atom. The van der Waals surface area contributed by atoms with Crippen molar-refractivity contribution in [2.24, 2.45) is 0 Å². The second kappa shape index (κ2) is 4.39. The zero-order chi connectivity index (χ0) is 10.7. The summed E-state index contributed by atoms with van der Waals surface area (Å²) in [5.74, 6) is -0.0512. The number of hydrogen-bond acceptors (Lipinski definition) is 2. The number of halogens is 1. The molecule has 0 spiro atoms.